The summed E-state index contributed by atoms with van der Waals surface area (Å²) in [4.78, 5) is 22.9. The summed E-state index contributed by atoms with van der Waals surface area (Å²) >= 11 is 0. The molecule has 0 saturated heterocycles. The zero-order valence-corrected chi connectivity index (χ0v) is 11.2. The molecule has 0 fully saturated rings. The highest BCUT2D eigenvalue weighted by atomic mass is 32.2. The van der Waals surface area contributed by atoms with E-state index in [1.807, 2.05) is 0 Å². The molecule has 0 saturated carbocycles. The van der Waals surface area contributed by atoms with Crippen LogP contribution in [0, 0.1) is 0 Å². The molecule has 1 aromatic carbocycles. The van der Waals surface area contributed by atoms with Gasteiger partial charge in [-0.3, -0.25) is 9.59 Å². The second-order valence-corrected chi connectivity index (χ2v) is 6.10. The van der Waals surface area contributed by atoms with E-state index >= 15 is 0 Å². The van der Waals surface area contributed by atoms with Crippen LogP contribution in [0.5, 0.6) is 0 Å². The number of benzene rings is 1. The highest BCUT2D eigenvalue weighted by Crippen LogP contribution is 2.11. The van der Waals surface area contributed by atoms with E-state index in [0.717, 1.165) is 6.26 Å². The van der Waals surface area contributed by atoms with Gasteiger partial charge in [0, 0.05) is 18.7 Å². The molecule has 1 rings (SSSR count). The summed E-state index contributed by atoms with van der Waals surface area (Å²) in [7, 11) is -3.27. The number of nitrogens with one attached hydrogen (secondary N) is 1. The molecule has 0 aliphatic rings. The molecule has 18 heavy (non-hydrogen) atoms. The summed E-state index contributed by atoms with van der Waals surface area (Å²) in [5.41, 5.74) is 0.364. The maximum absolute atomic E-state index is 11.9. The Labute approximate surface area is 106 Å². The van der Waals surface area contributed by atoms with Crippen molar-refractivity contribution in [1.29, 1.82) is 0 Å². The summed E-state index contributed by atoms with van der Waals surface area (Å²) in [5, 5.41) is 2.48. The van der Waals surface area contributed by atoms with Crippen molar-refractivity contribution in [2.24, 2.45) is 0 Å². The Kier molecular flexibility index (Phi) is 4.24. The quantitative estimate of drug-likeness (QED) is 0.820. The number of ketones is 1. The number of hydrogen-bond donors (Lipinski definition) is 1. The van der Waals surface area contributed by atoms with Crippen LogP contribution >= 0.6 is 0 Å². The van der Waals surface area contributed by atoms with Gasteiger partial charge < -0.3 is 5.32 Å². The molecule has 98 valence electrons. The molecule has 1 atom stereocenters. The smallest absolute Gasteiger partial charge is 0.217 e. The van der Waals surface area contributed by atoms with Gasteiger partial charge in [-0.15, -0.1) is 0 Å². The molecule has 0 heterocycles. The topological polar surface area (TPSA) is 80.3 Å². The van der Waals surface area contributed by atoms with E-state index in [4.69, 9.17) is 0 Å². The van der Waals surface area contributed by atoms with Gasteiger partial charge in [0.15, 0.2) is 15.6 Å². The van der Waals surface area contributed by atoms with Gasteiger partial charge in [0.05, 0.1) is 10.9 Å². The number of sulfone groups is 1. The van der Waals surface area contributed by atoms with Crippen molar-refractivity contribution < 1.29 is 18.0 Å². The molecular weight excluding hydrogens is 254 g/mol. The lowest BCUT2D eigenvalue weighted by Crippen LogP contribution is -2.37. The lowest BCUT2D eigenvalue weighted by molar-refractivity contribution is -0.119. The van der Waals surface area contributed by atoms with E-state index in [1.165, 1.54) is 31.2 Å². The highest BCUT2D eigenvalue weighted by Gasteiger charge is 2.16. The molecule has 1 aromatic rings. The van der Waals surface area contributed by atoms with Crippen LogP contribution in [-0.4, -0.2) is 32.4 Å². The molecule has 6 heteroatoms. The van der Waals surface area contributed by atoms with E-state index in [0.29, 0.717) is 5.56 Å². The van der Waals surface area contributed by atoms with Gasteiger partial charge in [-0.05, 0) is 19.1 Å². The van der Waals surface area contributed by atoms with Crippen molar-refractivity contribution in [3.05, 3.63) is 29.8 Å². The first-order chi connectivity index (χ1) is 8.21. The van der Waals surface area contributed by atoms with E-state index in [9.17, 15) is 18.0 Å². The lowest BCUT2D eigenvalue weighted by atomic mass is 10.1. The second-order valence-electron chi connectivity index (χ2n) is 4.08. The molecule has 0 aliphatic heterocycles. The van der Waals surface area contributed by atoms with Crippen molar-refractivity contribution in [3.63, 3.8) is 0 Å². The second kappa shape index (κ2) is 5.30. The third-order valence-corrected chi connectivity index (χ3v) is 3.51. The van der Waals surface area contributed by atoms with Gasteiger partial charge >= 0.3 is 0 Å². The van der Waals surface area contributed by atoms with E-state index in [2.05, 4.69) is 5.32 Å². The number of carbonyl (C=O) groups is 2. The minimum atomic E-state index is -3.27. The van der Waals surface area contributed by atoms with Crippen LogP contribution in [0.2, 0.25) is 0 Å². The van der Waals surface area contributed by atoms with Crippen molar-refractivity contribution >= 4 is 21.5 Å². The fraction of sp³-hybridized carbons (Fsp3) is 0.333. The lowest BCUT2D eigenvalue weighted by Gasteiger charge is -2.11. The molecule has 5 nitrogen and oxygen atoms in total. The number of Topliss-reactive ketones (excluding diaryl/α,β-unsaturated/α-hetero) is 1. The van der Waals surface area contributed by atoms with Gasteiger partial charge in [-0.1, -0.05) is 12.1 Å². The Bertz CT molecular complexity index is 560. The monoisotopic (exact) mass is 269 g/mol. The van der Waals surface area contributed by atoms with Crippen molar-refractivity contribution in [2.45, 2.75) is 24.8 Å². The van der Waals surface area contributed by atoms with Gasteiger partial charge in [0.25, 0.3) is 0 Å². The van der Waals surface area contributed by atoms with Crippen LogP contribution in [0.3, 0.4) is 0 Å². The zero-order chi connectivity index (χ0) is 13.9. The fourth-order valence-corrected chi connectivity index (χ4v) is 2.12. The van der Waals surface area contributed by atoms with Crippen LogP contribution in [0.1, 0.15) is 24.2 Å². The normalized spacial score (nSPS) is 12.8. The molecule has 0 radical (unpaired) electrons. The Morgan fingerprint density at radius 2 is 1.67 bits per heavy atom. The fourth-order valence-electron chi connectivity index (χ4n) is 1.49. The number of rotatable bonds is 4. The number of amides is 1. The third-order valence-electron chi connectivity index (χ3n) is 2.38. The molecular formula is C12H15NO4S. The van der Waals surface area contributed by atoms with Crippen LogP contribution in [0.25, 0.3) is 0 Å². The summed E-state index contributed by atoms with van der Waals surface area (Å²) in [6.45, 7) is 2.91. The minimum absolute atomic E-state index is 0.159. The molecule has 1 N–H and O–H groups in total. The van der Waals surface area contributed by atoms with Crippen LogP contribution in [0.4, 0.5) is 0 Å². The van der Waals surface area contributed by atoms with Crippen molar-refractivity contribution in [1.82, 2.24) is 5.32 Å². The zero-order valence-electron chi connectivity index (χ0n) is 10.4. The predicted octanol–water partition coefficient (Wildman–Crippen LogP) is 0.797. The van der Waals surface area contributed by atoms with Gasteiger partial charge in [-0.25, -0.2) is 8.42 Å². The largest absolute Gasteiger partial charge is 0.346 e. The third kappa shape index (κ3) is 3.66. The summed E-state index contributed by atoms with van der Waals surface area (Å²) in [6, 6.07) is 5.01. The molecule has 0 aromatic heterocycles. The minimum Gasteiger partial charge on any atom is -0.346 e. The van der Waals surface area contributed by atoms with Crippen LogP contribution in [0.15, 0.2) is 29.2 Å². The first kappa shape index (κ1) is 14.4. The van der Waals surface area contributed by atoms with E-state index < -0.39 is 15.9 Å². The molecule has 1 amide bonds. The van der Waals surface area contributed by atoms with E-state index in [1.54, 1.807) is 6.92 Å². The summed E-state index contributed by atoms with van der Waals surface area (Å²) in [5.74, 6) is -0.547. The highest BCUT2D eigenvalue weighted by molar-refractivity contribution is 7.90. The first-order valence-corrected chi connectivity index (χ1v) is 7.22. The molecule has 0 unspecified atom stereocenters. The maximum Gasteiger partial charge on any atom is 0.217 e. The Hall–Kier alpha value is -1.69. The van der Waals surface area contributed by atoms with Crippen LogP contribution in [-0.2, 0) is 14.6 Å². The molecule has 0 bridgehead atoms. The Balaban J connectivity index is 2.92. The average molecular weight is 269 g/mol. The first-order valence-electron chi connectivity index (χ1n) is 5.33. The SMILES string of the molecule is CC(=O)N[C@H](C)C(=O)c1ccc(S(C)(=O)=O)cc1. The van der Waals surface area contributed by atoms with Crippen molar-refractivity contribution in [2.75, 3.05) is 6.26 Å². The Morgan fingerprint density at radius 1 is 1.17 bits per heavy atom. The summed E-state index contributed by atoms with van der Waals surface area (Å²) < 4.78 is 22.5. The Morgan fingerprint density at radius 3 is 2.06 bits per heavy atom. The maximum atomic E-state index is 11.9. The van der Waals surface area contributed by atoms with E-state index in [-0.39, 0.29) is 16.6 Å². The molecule has 0 aliphatic carbocycles. The van der Waals surface area contributed by atoms with Crippen molar-refractivity contribution in [3.8, 4) is 0 Å². The van der Waals surface area contributed by atoms with Gasteiger partial charge in [0.2, 0.25) is 5.91 Å². The average Bonchev–Trinajstić information content (AvgIpc) is 2.26. The van der Waals surface area contributed by atoms with Crippen LogP contribution < -0.4 is 5.32 Å². The predicted molar refractivity (Wildman–Crippen MR) is 67.2 cm³/mol. The van der Waals surface area contributed by atoms with Gasteiger partial charge in [-0.2, -0.15) is 0 Å². The number of carbonyl (C=O) groups excluding carboxylic acids is 2. The molecule has 0 spiro atoms. The van der Waals surface area contributed by atoms with Gasteiger partial charge in [0.1, 0.15) is 0 Å². The number of hydrogen-bond acceptors (Lipinski definition) is 4. The standard InChI is InChI=1S/C12H15NO4S/c1-8(13-9(2)14)12(15)10-4-6-11(7-5-10)18(3,16)17/h4-8H,1-3H3,(H,13,14)/t8-/m1/s1. The summed E-state index contributed by atoms with van der Waals surface area (Å²) in [6.07, 6.45) is 1.10.